The summed E-state index contributed by atoms with van der Waals surface area (Å²) in [5, 5.41) is 0. The fourth-order valence-electron chi connectivity index (χ4n) is 9.78. The Morgan fingerprint density at radius 1 is 0.867 bits per heavy atom. The van der Waals surface area contributed by atoms with E-state index in [9.17, 15) is 4.79 Å². The highest BCUT2D eigenvalue weighted by atomic mass is 28.4. The number of carbonyl (C=O) groups is 1. The topological polar surface area (TPSA) is 54.0 Å². The number of allylic oxidation sites excluding steroid dienone is 2. The lowest BCUT2D eigenvalue weighted by molar-refractivity contribution is -0.157. The molecule has 5 nitrogen and oxygen atoms in total. The first-order valence-corrected chi connectivity index (χ1v) is 31.6. The normalized spacial score (nSPS) is 36.2. The molecule has 9 heteroatoms. The van der Waals surface area contributed by atoms with Crippen LogP contribution in [-0.2, 0) is 22.5 Å². The summed E-state index contributed by atoms with van der Waals surface area (Å²) in [5.41, 5.74) is 1.71. The van der Waals surface area contributed by atoms with Gasteiger partial charge in [0.1, 0.15) is 0 Å². The molecule has 45 heavy (non-hydrogen) atoms. The molecule has 4 aliphatic carbocycles. The molecule has 0 aromatic rings. The van der Waals surface area contributed by atoms with Crippen LogP contribution in [0.5, 0.6) is 0 Å². The molecule has 258 valence electrons. The predicted octanol–water partition coefficient (Wildman–Crippen LogP) is 10.4. The summed E-state index contributed by atoms with van der Waals surface area (Å²) in [4.78, 5) is 12.8. The predicted molar refractivity (Wildman–Crippen MR) is 198 cm³/mol. The number of carbonyl (C=O) groups excluding carboxylic acids is 1. The monoisotopic (exact) mass is 692 g/mol. The van der Waals surface area contributed by atoms with E-state index in [0.717, 1.165) is 31.4 Å². The van der Waals surface area contributed by atoms with Crippen LogP contribution < -0.4 is 0 Å². The third-order valence-corrected chi connectivity index (χ3v) is 14.9. The fraction of sp³-hybridized carbons (Fsp3) is 0.861. The van der Waals surface area contributed by atoms with Crippen LogP contribution in [0.15, 0.2) is 23.5 Å². The number of hydrogen-bond acceptors (Lipinski definition) is 5. The van der Waals surface area contributed by atoms with Crippen molar-refractivity contribution in [1.29, 1.82) is 0 Å². The van der Waals surface area contributed by atoms with Gasteiger partial charge in [0.15, 0.2) is 16.6 Å². The maximum atomic E-state index is 12.8. The Morgan fingerprint density at radius 2 is 1.49 bits per heavy atom. The van der Waals surface area contributed by atoms with Crippen molar-refractivity contribution in [2.24, 2.45) is 40.4 Å². The molecule has 3 saturated carbocycles. The zero-order valence-corrected chi connectivity index (χ0v) is 35.7. The highest BCUT2D eigenvalue weighted by Gasteiger charge is 2.66. The van der Waals surface area contributed by atoms with E-state index in [1.165, 1.54) is 12.8 Å². The quantitative estimate of drug-likeness (QED) is 0.202. The number of rotatable bonds is 11. The molecule has 0 aromatic heterocycles. The van der Waals surface area contributed by atoms with E-state index in [2.05, 4.69) is 111 Å². The lowest BCUT2D eigenvalue weighted by Crippen LogP contribution is -2.62. The second kappa shape index (κ2) is 12.8. The first-order chi connectivity index (χ1) is 20.3. The minimum Gasteiger partial charge on any atom is -0.545 e. The van der Waals surface area contributed by atoms with Gasteiger partial charge in [-0.2, -0.15) is 0 Å². The van der Waals surface area contributed by atoms with Crippen molar-refractivity contribution < 1.29 is 22.5 Å². The Hall–Kier alpha value is -0.462. The molecule has 0 spiro atoms. The summed E-state index contributed by atoms with van der Waals surface area (Å²) >= 11 is 0. The first-order valence-electron chi connectivity index (χ1n) is 18.0. The van der Waals surface area contributed by atoms with Crippen molar-refractivity contribution in [2.45, 2.75) is 156 Å². The molecule has 4 rings (SSSR count). The second-order valence-corrected chi connectivity index (χ2v) is 37.3. The largest absolute Gasteiger partial charge is 0.545 e. The summed E-state index contributed by atoms with van der Waals surface area (Å²) in [6.07, 6.45) is 12.3. The Bertz CT molecular complexity index is 1160. The molecule has 9 atom stereocenters. The van der Waals surface area contributed by atoms with Gasteiger partial charge in [-0.1, -0.05) is 26.3 Å². The molecule has 3 unspecified atom stereocenters. The third-order valence-electron chi connectivity index (χ3n) is 11.3. The smallest absolute Gasteiger partial charge is 0.292 e. The van der Waals surface area contributed by atoms with Gasteiger partial charge in [-0.25, -0.2) is 0 Å². The van der Waals surface area contributed by atoms with Crippen molar-refractivity contribution in [3.05, 3.63) is 23.5 Å². The van der Waals surface area contributed by atoms with E-state index in [4.69, 9.17) is 17.7 Å². The Kier molecular flexibility index (Phi) is 10.6. The van der Waals surface area contributed by atoms with Crippen molar-refractivity contribution in [3.63, 3.8) is 0 Å². The van der Waals surface area contributed by atoms with Crippen LogP contribution in [-0.4, -0.2) is 51.4 Å². The number of fused-ring (bicyclic) bond motifs is 5. The summed E-state index contributed by atoms with van der Waals surface area (Å²) < 4.78 is 27.0. The summed E-state index contributed by atoms with van der Waals surface area (Å²) in [6.45, 7) is 34.9. The van der Waals surface area contributed by atoms with Crippen LogP contribution >= 0.6 is 0 Å². The van der Waals surface area contributed by atoms with Gasteiger partial charge in [-0.15, -0.1) is 0 Å². The zero-order valence-electron chi connectivity index (χ0n) is 31.7. The van der Waals surface area contributed by atoms with E-state index >= 15 is 0 Å². The molecule has 0 N–H and O–H groups in total. The minimum atomic E-state index is -1.88. The molecule has 3 fully saturated rings. The lowest BCUT2D eigenvalue weighted by Gasteiger charge is -2.63. The third kappa shape index (κ3) is 8.59. The van der Waals surface area contributed by atoms with Crippen LogP contribution in [0.1, 0.15) is 65.7 Å². The van der Waals surface area contributed by atoms with Gasteiger partial charge in [0.2, 0.25) is 16.6 Å². The highest BCUT2D eigenvalue weighted by molar-refractivity contribution is 6.71. The van der Waals surface area contributed by atoms with Gasteiger partial charge in [-0.05, 0) is 170 Å². The lowest BCUT2D eigenvalue weighted by atomic mass is 9.45. The van der Waals surface area contributed by atoms with Crippen molar-refractivity contribution in [2.75, 3.05) is 0 Å². The SMILES string of the molecule is C[C@H](CCC(=O)O[Si](C)(C)C)[C@H]1CCC2C3C(C[C@H](O[Si](C)(C)C)[C@@]21C)[C@@]1(C)CC=C(O[Si](C)(C)C)C=C1C[C@H]3O[Si](C)(C)C. The zero-order chi connectivity index (χ0) is 34.0. The maximum absolute atomic E-state index is 12.8. The van der Waals surface area contributed by atoms with Crippen molar-refractivity contribution >= 4 is 39.2 Å². The Labute approximate surface area is 281 Å². The van der Waals surface area contributed by atoms with Gasteiger partial charge in [0.25, 0.3) is 5.97 Å². The van der Waals surface area contributed by atoms with Crippen LogP contribution in [0.25, 0.3) is 0 Å². The van der Waals surface area contributed by atoms with E-state index < -0.39 is 33.3 Å². The summed E-state index contributed by atoms with van der Waals surface area (Å²) in [6, 6.07) is 0. The maximum Gasteiger partial charge on any atom is 0.292 e. The van der Waals surface area contributed by atoms with Gasteiger partial charge in [0.05, 0.1) is 18.0 Å². The molecule has 0 saturated heterocycles. The average Bonchev–Trinajstić information content (AvgIpc) is 3.18. The Balaban J connectivity index is 1.72. The van der Waals surface area contributed by atoms with E-state index in [-0.39, 0.29) is 29.0 Å². The molecule has 0 heterocycles. The summed E-state index contributed by atoms with van der Waals surface area (Å²) in [5.74, 6) is 3.65. The van der Waals surface area contributed by atoms with Gasteiger partial charge < -0.3 is 17.7 Å². The first kappa shape index (κ1) is 37.4. The second-order valence-electron chi connectivity index (χ2n) is 19.5. The van der Waals surface area contributed by atoms with Gasteiger partial charge in [0, 0.05) is 6.42 Å². The van der Waals surface area contributed by atoms with Crippen LogP contribution in [0.4, 0.5) is 0 Å². The van der Waals surface area contributed by atoms with Crippen molar-refractivity contribution in [1.82, 2.24) is 0 Å². The molecule has 0 radical (unpaired) electrons. The molecular formula is C36H68O5Si4. The van der Waals surface area contributed by atoms with Crippen LogP contribution in [0.2, 0.25) is 78.6 Å². The Morgan fingerprint density at radius 3 is 2.04 bits per heavy atom. The van der Waals surface area contributed by atoms with E-state index in [0.29, 0.717) is 36.0 Å². The van der Waals surface area contributed by atoms with Gasteiger partial charge in [-0.3, -0.25) is 4.79 Å². The van der Waals surface area contributed by atoms with E-state index in [1.807, 2.05) is 0 Å². The number of hydrogen-bond donors (Lipinski definition) is 0. The molecule has 0 amide bonds. The molecular weight excluding hydrogens is 625 g/mol. The molecule has 0 bridgehead atoms. The van der Waals surface area contributed by atoms with Crippen LogP contribution in [0, 0.1) is 40.4 Å². The summed E-state index contributed by atoms with van der Waals surface area (Å²) in [7, 11) is -7.22. The fourth-order valence-corrected chi connectivity index (χ4v) is 13.8. The standard InChI is InChI=1S/C36H68O5Si4/c1-25(16-19-33(37)41-45(13,14)15)28-17-18-29-34-30(24-32(36(28,29)3)40-44(10,11)12)35(2)21-20-27(38-42(4,5)6)22-26(35)23-31(34)39-43(7,8)9/h20,22,25,28-32,34H,16-19,21,23-24H2,1-15H3/t25-,28-,29?,30?,31-,32+,34?,35+,36-/m1/s1. The van der Waals surface area contributed by atoms with E-state index in [1.54, 1.807) is 5.57 Å². The molecule has 4 aliphatic rings. The van der Waals surface area contributed by atoms with Gasteiger partial charge >= 0.3 is 0 Å². The highest BCUT2D eigenvalue weighted by Crippen LogP contribution is 2.69. The van der Waals surface area contributed by atoms with Crippen LogP contribution in [0.3, 0.4) is 0 Å². The van der Waals surface area contributed by atoms with Crippen molar-refractivity contribution in [3.8, 4) is 0 Å². The molecule has 0 aromatic carbocycles. The minimum absolute atomic E-state index is 0.00900. The average molecular weight is 693 g/mol. The molecule has 0 aliphatic heterocycles.